The fraction of sp³-hybridized carbons (Fsp3) is 0.500. The molecule has 0 spiro atoms. The lowest BCUT2D eigenvalue weighted by atomic mass is 10.0. The van der Waals surface area contributed by atoms with Crippen molar-refractivity contribution < 1.29 is 14.3 Å². The first-order chi connectivity index (χ1) is 12.6. The van der Waals surface area contributed by atoms with Gasteiger partial charge in [-0.3, -0.25) is 4.79 Å². The summed E-state index contributed by atoms with van der Waals surface area (Å²) in [5, 5.41) is 0. The third-order valence-corrected chi connectivity index (χ3v) is 4.40. The van der Waals surface area contributed by atoms with Crippen LogP contribution >= 0.6 is 0 Å². The molecule has 0 saturated carbocycles. The first-order valence-corrected chi connectivity index (χ1v) is 9.60. The molecule has 1 aliphatic heterocycles. The Labute approximate surface area is 157 Å². The van der Waals surface area contributed by atoms with E-state index >= 15 is 0 Å². The molecule has 1 aromatic rings. The molecule has 0 aromatic heterocycles. The Bertz CT molecular complexity index is 647. The summed E-state index contributed by atoms with van der Waals surface area (Å²) in [6.07, 6.45) is 13.6. The third kappa shape index (κ3) is 6.95. The van der Waals surface area contributed by atoms with Gasteiger partial charge in [-0.1, -0.05) is 51.0 Å². The van der Waals surface area contributed by atoms with Crippen molar-refractivity contribution in [1.82, 2.24) is 0 Å². The van der Waals surface area contributed by atoms with Gasteiger partial charge < -0.3 is 15.2 Å². The summed E-state index contributed by atoms with van der Waals surface area (Å²) in [5.74, 6) is 1.84. The van der Waals surface area contributed by atoms with Crippen LogP contribution < -0.4 is 15.2 Å². The van der Waals surface area contributed by atoms with Crippen LogP contribution in [0.4, 0.5) is 0 Å². The first-order valence-electron chi connectivity index (χ1n) is 9.60. The minimum Gasteiger partial charge on any atom is -0.454 e. The van der Waals surface area contributed by atoms with Crippen molar-refractivity contribution in [2.45, 2.75) is 58.8 Å². The van der Waals surface area contributed by atoms with E-state index in [1.807, 2.05) is 18.2 Å². The van der Waals surface area contributed by atoms with E-state index in [0.29, 0.717) is 18.3 Å². The van der Waals surface area contributed by atoms with Crippen molar-refractivity contribution in [1.29, 1.82) is 0 Å². The van der Waals surface area contributed by atoms with Crippen LogP contribution in [0.1, 0.15) is 57.9 Å². The molecule has 1 amide bonds. The number of fused-ring (bicyclic) bond motifs is 1. The third-order valence-electron chi connectivity index (χ3n) is 4.40. The summed E-state index contributed by atoms with van der Waals surface area (Å²) in [4.78, 5) is 11.4. The summed E-state index contributed by atoms with van der Waals surface area (Å²) < 4.78 is 10.7. The number of benzene rings is 1. The van der Waals surface area contributed by atoms with E-state index in [9.17, 15) is 4.79 Å². The molecule has 2 rings (SSSR count). The van der Waals surface area contributed by atoms with Gasteiger partial charge in [0.25, 0.3) is 0 Å². The van der Waals surface area contributed by atoms with Gasteiger partial charge in [0.1, 0.15) is 0 Å². The minimum absolute atomic E-state index is 0.313. The molecular formula is C22H31NO3. The van der Waals surface area contributed by atoms with Crippen LogP contribution in [0.25, 0.3) is 0 Å². The second kappa shape index (κ2) is 10.7. The summed E-state index contributed by atoms with van der Waals surface area (Å²) in [6, 6.07) is 6.20. The maximum Gasteiger partial charge on any atom is 0.244 e. The van der Waals surface area contributed by atoms with Gasteiger partial charge in [-0.05, 0) is 55.7 Å². The molecule has 142 valence electrons. The SMILES string of the molecule is CC(C)CC(=CC=CCCCCCCc1ccc2c(c1)OCO2)C(N)=O. The second-order valence-electron chi connectivity index (χ2n) is 7.22. The molecule has 0 aliphatic carbocycles. The number of hydrogen-bond acceptors (Lipinski definition) is 3. The Balaban J connectivity index is 1.58. The van der Waals surface area contributed by atoms with Crippen LogP contribution in [0, 0.1) is 5.92 Å². The molecule has 0 unspecified atom stereocenters. The number of rotatable bonds is 11. The van der Waals surface area contributed by atoms with Gasteiger partial charge in [0, 0.05) is 5.57 Å². The molecule has 0 bridgehead atoms. The molecule has 0 radical (unpaired) electrons. The highest BCUT2D eigenvalue weighted by Gasteiger charge is 2.12. The zero-order valence-electron chi connectivity index (χ0n) is 16.0. The lowest BCUT2D eigenvalue weighted by molar-refractivity contribution is -0.114. The summed E-state index contributed by atoms with van der Waals surface area (Å²) in [7, 11) is 0. The minimum atomic E-state index is -0.313. The van der Waals surface area contributed by atoms with Gasteiger partial charge in [0.2, 0.25) is 12.7 Å². The molecule has 4 heteroatoms. The lowest BCUT2D eigenvalue weighted by Crippen LogP contribution is -2.15. The van der Waals surface area contributed by atoms with E-state index in [4.69, 9.17) is 15.2 Å². The van der Waals surface area contributed by atoms with Crippen molar-refractivity contribution in [2.24, 2.45) is 11.7 Å². The number of ether oxygens (including phenoxy) is 2. The summed E-state index contributed by atoms with van der Waals surface area (Å²) >= 11 is 0. The number of amides is 1. The number of unbranched alkanes of at least 4 members (excludes halogenated alkanes) is 4. The van der Waals surface area contributed by atoms with Gasteiger partial charge in [0.05, 0.1) is 0 Å². The fourth-order valence-electron chi connectivity index (χ4n) is 3.01. The number of allylic oxidation sites excluding steroid dienone is 3. The van der Waals surface area contributed by atoms with E-state index in [1.165, 1.54) is 31.2 Å². The number of carbonyl (C=O) groups excluding carboxylic acids is 1. The fourth-order valence-corrected chi connectivity index (χ4v) is 3.01. The first kappa shape index (κ1) is 20.1. The molecule has 2 N–H and O–H groups in total. The van der Waals surface area contributed by atoms with Crippen molar-refractivity contribution in [3.05, 3.63) is 47.6 Å². The van der Waals surface area contributed by atoms with Crippen LogP contribution in [0.2, 0.25) is 0 Å². The summed E-state index contributed by atoms with van der Waals surface area (Å²) in [6.45, 7) is 4.51. The Morgan fingerprint density at radius 1 is 1.15 bits per heavy atom. The number of aryl methyl sites for hydroxylation is 1. The van der Waals surface area contributed by atoms with Crippen LogP contribution in [0.3, 0.4) is 0 Å². The normalized spacial score (nSPS) is 13.7. The topological polar surface area (TPSA) is 61.6 Å². The molecule has 1 aromatic carbocycles. The van der Waals surface area contributed by atoms with Crippen LogP contribution in [-0.4, -0.2) is 12.7 Å². The highest BCUT2D eigenvalue weighted by atomic mass is 16.7. The average Bonchev–Trinajstić information content (AvgIpc) is 3.06. The largest absolute Gasteiger partial charge is 0.454 e. The second-order valence-corrected chi connectivity index (χ2v) is 7.22. The van der Waals surface area contributed by atoms with Gasteiger partial charge in [-0.15, -0.1) is 0 Å². The molecule has 26 heavy (non-hydrogen) atoms. The molecule has 1 heterocycles. The maximum absolute atomic E-state index is 11.4. The number of primary amides is 1. The Kier molecular flexibility index (Phi) is 8.26. The highest BCUT2D eigenvalue weighted by Crippen LogP contribution is 2.32. The van der Waals surface area contributed by atoms with E-state index < -0.39 is 0 Å². The highest BCUT2D eigenvalue weighted by molar-refractivity contribution is 5.92. The molecule has 0 saturated heterocycles. The smallest absolute Gasteiger partial charge is 0.244 e. The van der Waals surface area contributed by atoms with Crippen molar-refractivity contribution >= 4 is 5.91 Å². The van der Waals surface area contributed by atoms with Crippen LogP contribution in [-0.2, 0) is 11.2 Å². The van der Waals surface area contributed by atoms with Gasteiger partial charge in [-0.2, -0.15) is 0 Å². The zero-order valence-corrected chi connectivity index (χ0v) is 16.0. The molecule has 0 atom stereocenters. The van der Waals surface area contributed by atoms with Crippen LogP contribution in [0.5, 0.6) is 11.5 Å². The predicted octanol–water partition coefficient (Wildman–Crippen LogP) is 4.92. The van der Waals surface area contributed by atoms with E-state index in [2.05, 4.69) is 32.1 Å². The monoisotopic (exact) mass is 357 g/mol. The number of nitrogens with two attached hydrogens (primary N) is 1. The van der Waals surface area contributed by atoms with Crippen molar-refractivity contribution in [2.75, 3.05) is 6.79 Å². The Hall–Kier alpha value is -2.23. The van der Waals surface area contributed by atoms with E-state index in [-0.39, 0.29) is 5.91 Å². The zero-order chi connectivity index (χ0) is 18.8. The Morgan fingerprint density at radius 3 is 2.69 bits per heavy atom. The summed E-state index contributed by atoms with van der Waals surface area (Å²) in [5.41, 5.74) is 7.42. The predicted molar refractivity (Wildman–Crippen MR) is 105 cm³/mol. The standard InChI is InChI=1S/C22H31NO3/c1-17(2)14-19(22(23)24)11-9-7-5-3-4-6-8-10-18-12-13-20-21(15-18)26-16-25-20/h7,9,11-13,15,17H,3-6,8,10,14,16H2,1-2H3,(H2,23,24). The van der Waals surface area contributed by atoms with Gasteiger partial charge >= 0.3 is 0 Å². The average molecular weight is 357 g/mol. The molecule has 0 fully saturated rings. The number of carbonyl (C=O) groups is 1. The van der Waals surface area contributed by atoms with Gasteiger partial charge in [-0.25, -0.2) is 0 Å². The Morgan fingerprint density at radius 2 is 1.92 bits per heavy atom. The molecule has 1 aliphatic rings. The number of hydrogen-bond donors (Lipinski definition) is 1. The van der Waals surface area contributed by atoms with Crippen molar-refractivity contribution in [3.8, 4) is 11.5 Å². The van der Waals surface area contributed by atoms with E-state index in [0.717, 1.165) is 30.8 Å². The quantitative estimate of drug-likeness (QED) is 0.347. The van der Waals surface area contributed by atoms with E-state index in [1.54, 1.807) is 0 Å². The molecular weight excluding hydrogens is 326 g/mol. The van der Waals surface area contributed by atoms with Crippen LogP contribution in [0.15, 0.2) is 42.0 Å². The van der Waals surface area contributed by atoms with Gasteiger partial charge in [0.15, 0.2) is 11.5 Å². The maximum atomic E-state index is 11.4. The lowest BCUT2D eigenvalue weighted by Gasteiger charge is -2.05. The van der Waals surface area contributed by atoms with Crippen molar-refractivity contribution in [3.63, 3.8) is 0 Å². The molecule has 4 nitrogen and oxygen atoms in total.